The molecule has 0 saturated carbocycles. The van der Waals surface area contributed by atoms with Gasteiger partial charge in [0.15, 0.2) is 0 Å². The van der Waals surface area contributed by atoms with Gasteiger partial charge in [0, 0.05) is 6.04 Å². The zero-order valence-electron chi connectivity index (χ0n) is 10.2. The van der Waals surface area contributed by atoms with Crippen molar-refractivity contribution in [3.8, 4) is 0 Å². The first-order valence-electron chi connectivity index (χ1n) is 5.36. The van der Waals surface area contributed by atoms with Crippen LogP contribution in [0.3, 0.4) is 0 Å². The maximum Gasteiger partial charge on any atom is 0.318 e. The van der Waals surface area contributed by atoms with Crippen LogP contribution in [0.25, 0.3) is 0 Å². The van der Waals surface area contributed by atoms with Gasteiger partial charge >= 0.3 is 6.03 Å². The van der Waals surface area contributed by atoms with Crippen molar-refractivity contribution >= 4 is 11.9 Å². The van der Waals surface area contributed by atoms with Crippen molar-refractivity contribution in [2.75, 3.05) is 20.1 Å². The molecule has 0 heterocycles. The minimum Gasteiger partial charge on any atom is -0.351 e. The normalized spacial score (nSPS) is 12.9. The lowest BCUT2D eigenvalue weighted by Crippen LogP contribution is -2.42. The summed E-state index contributed by atoms with van der Waals surface area (Å²) in [4.78, 5) is 23.4. The van der Waals surface area contributed by atoms with Gasteiger partial charge < -0.3 is 11.5 Å². The van der Waals surface area contributed by atoms with Crippen LogP contribution < -0.4 is 16.8 Å². The lowest BCUT2D eigenvalue weighted by molar-refractivity contribution is -0.120. The molecule has 5 N–H and O–H groups in total. The number of nitrogens with zero attached hydrogens (tertiary/aromatic N) is 1. The van der Waals surface area contributed by atoms with E-state index in [9.17, 15) is 9.59 Å². The van der Waals surface area contributed by atoms with Crippen LogP contribution >= 0.6 is 0 Å². The molecule has 0 aromatic carbocycles. The predicted octanol–water partition coefficient (Wildman–Crippen LogP) is -0.513. The molecule has 94 valence electrons. The first kappa shape index (κ1) is 14.9. The molecule has 6 nitrogen and oxygen atoms in total. The highest BCUT2D eigenvalue weighted by Crippen LogP contribution is 2.03. The highest BCUT2D eigenvalue weighted by molar-refractivity contribution is 5.94. The molecule has 0 aliphatic rings. The van der Waals surface area contributed by atoms with Crippen molar-refractivity contribution in [3.63, 3.8) is 0 Å². The molecular formula is C10H22N4O2. The average molecular weight is 230 g/mol. The second kappa shape index (κ2) is 7.19. The van der Waals surface area contributed by atoms with Crippen LogP contribution in [0.2, 0.25) is 0 Å². The van der Waals surface area contributed by atoms with Crippen LogP contribution in [-0.2, 0) is 4.79 Å². The molecular weight excluding hydrogens is 208 g/mol. The average Bonchev–Trinajstić information content (AvgIpc) is 2.12. The maximum absolute atomic E-state index is 11.2. The molecule has 0 bridgehead atoms. The van der Waals surface area contributed by atoms with Crippen molar-refractivity contribution in [2.24, 2.45) is 17.4 Å². The lowest BCUT2D eigenvalue weighted by atomic mass is 10.0. The standard InChI is InChI=1S/C10H22N4O2/c1-7(2)8(11)4-5-14(3)6-9(15)13-10(12)16/h7-8H,4-6,11H2,1-3H3,(H3,12,13,15,16). The molecule has 0 aliphatic heterocycles. The van der Waals surface area contributed by atoms with Gasteiger partial charge in [0.05, 0.1) is 6.54 Å². The number of likely N-dealkylation sites (N-methyl/N-ethyl adjacent to an activating group) is 1. The zero-order valence-corrected chi connectivity index (χ0v) is 10.2. The molecule has 0 aromatic rings. The number of rotatable bonds is 6. The number of carbonyl (C=O) groups excluding carboxylic acids is 2. The number of hydrogen-bond acceptors (Lipinski definition) is 4. The second-order valence-electron chi connectivity index (χ2n) is 4.35. The minimum atomic E-state index is -0.822. The Morgan fingerprint density at radius 2 is 1.94 bits per heavy atom. The highest BCUT2D eigenvalue weighted by Gasteiger charge is 2.11. The van der Waals surface area contributed by atoms with Gasteiger partial charge in [0.1, 0.15) is 0 Å². The molecule has 0 rings (SSSR count). The first-order chi connectivity index (χ1) is 7.32. The van der Waals surface area contributed by atoms with Gasteiger partial charge in [-0.2, -0.15) is 0 Å². The summed E-state index contributed by atoms with van der Waals surface area (Å²) in [5, 5.41) is 2.01. The molecule has 0 aliphatic carbocycles. The van der Waals surface area contributed by atoms with E-state index in [4.69, 9.17) is 11.5 Å². The van der Waals surface area contributed by atoms with E-state index < -0.39 is 11.9 Å². The van der Waals surface area contributed by atoms with Gasteiger partial charge in [-0.15, -0.1) is 0 Å². The van der Waals surface area contributed by atoms with E-state index >= 15 is 0 Å². The highest BCUT2D eigenvalue weighted by atomic mass is 16.2. The third kappa shape index (κ3) is 7.19. The molecule has 0 spiro atoms. The number of nitrogens with one attached hydrogen (secondary N) is 1. The Labute approximate surface area is 96.3 Å². The van der Waals surface area contributed by atoms with Crippen LogP contribution in [0.15, 0.2) is 0 Å². The number of carbonyl (C=O) groups is 2. The van der Waals surface area contributed by atoms with Crippen molar-refractivity contribution in [2.45, 2.75) is 26.3 Å². The summed E-state index contributed by atoms with van der Waals surface area (Å²) in [6.45, 7) is 4.98. The Morgan fingerprint density at radius 3 is 2.38 bits per heavy atom. The first-order valence-corrected chi connectivity index (χ1v) is 5.36. The second-order valence-corrected chi connectivity index (χ2v) is 4.35. The summed E-state index contributed by atoms with van der Waals surface area (Å²) in [6.07, 6.45) is 0.817. The summed E-state index contributed by atoms with van der Waals surface area (Å²) in [5.41, 5.74) is 10.7. The van der Waals surface area contributed by atoms with Crippen LogP contribution in [0.5, 0.6) is 0 Å². The summed E-state index contributed by atoms with van der Waals surface area (Å²) < 4.78 is 0. The van der Waals surface area contributed by atoms with Crippen LogP contribution in [0.1, 0.15) is 20.3 Å². The van der Waals surface area contributed by atoms with E-state index in [1.165, 1.54) is 0 Å². The van der Waals surface area contributed by atoms with E-state index in [2.05, 4.69) is 13.8 Å². The van der Waals surface area contributed by atoms with Gasteiger partial charge in [-0.05, 0) is 25.9 Å². The number of hydrogen-bond donors (Lipinski definition) is 3. The maximum atomic E-state index is 11.2. The molecule has 3 amide bonds. The smallest absolute Gasteiger partial charge is 0.318 e. The third-order valence-corrected chi connectivity index (χ3v) is 2.38. The fraction of sp³-hybridized carbons (Fsp3) is 0.800. The number of amides is 3. The number of primary amides is 1. The molecule has 0 aromatic heterocycles. The van der Waals surface area contributed by atoms with E-state index in [1.807, 2.05) is 5.32 Å². The molecule has 6 heteroatoms. The summed E-state index contributed by atoms with van der Waals surface area (Å²) >= 11 is 0. The minimum absolute atomic E-state index is 0.127. The monoisotopic (exact) mass is 230 g/mol. The largest absolute Gasteiger partial charge is 0.351 e. The fourth-order valence-corrected chi connectivity index (χ4v) is 1.20. The Bertz CT molecular complexity index is 243. The molecule has 16 heavy (non-hydrogen) atoms. The third-order valence-electron chi connectivity index (χ3n) is 2.38. The topological polar surface area (TPSA) is 101 Å². The van der Waals surface area contributed by atoms with Gasteiger partial charge in [0.2, 0.25) is 5.91 Å². The van der Waals surface area contributed by atoms with E-state index in [1.54, 1.807) is 11.9 Å². The number of nitrogens with two attached hydrogens (primary N) is 2. The molecule has 0 radical (unpaired) electrons. The zero-order chi connectivity index (χ0) is 12.7. The Morgan fingerprint density at radius 1 is 1.38 bits per heavy atom. The Hall–Kier alpha value is -1.14. The van der Waals surface area contributed by atoms with Crippen molar-refractivity contribution in [1.29, 1.82) is 0 Å². The quantitative estimate of drug-likeness (QED) is 0.571. The Balaban J connectivity index is 3.77. The SMILES string of the molecule is CC(C)C(N)CCN(C)CC(=O)NC(N)=O. The van der Waals surface area contributed by atoms with Crippen LogP contribution in [0, 0.1) is 5.92 Å². The molecule has 1 atom stereocenters. The van der Waals surface area contributed by atoms with Gasteiger partial charge in [-0.1, -0.05) is 13.8 Å². The van der Waals surface area contributed by atoms with E-state index in [-0.39, 0.29) is 12.6 Å². The molecule has 0 saturated heterocycles. The van der Waals surface area contributed by atoms with Crippen molar-refractivity contribution in [3.05, 3.63) is 0 Å². The molecule has 0 fully saturated rings. The van der Waals surface area contributed by atoms with Crippen molar-refractivity contribution < 1.29 is 9.59 Å². The van der Waals surface area contributed by atoms with Gasteiger partial charge in [-0.3, -0.25) is 15.0 Å². The summed E-state index contributed by atoms with van der Waals surface area (Å²) in [5.74, 6) is 0.0287. The summed E-state index contributed by atoms with van der Waals surface area (Å²) in [7, 11) is 1.80. The van der Waals surface area contributed by atoms with Crippen LogP contribution in [-0.4, -0.2) is 43.0 Å². The number of urea groups is 1. The van der Waals surface area contributed by atoms with Crippen molar-refractivity contribution in [1.82, 2.24) is 10.2 Å². The number of imide groups is 1. The fourth-order valence-electron chi connectivity index (χ4n) is 1.20. The van der Waals surface area contributed by atoms with Crippen LogP contribution in [0.4, 0.5) is 4.79 Å². The summed E-state index contributed by atoms with van der Waals surface area (Å²) in [6, 6.07) is -0.695. The van der Waals surface area contributed by atoms with E-state index in [0.29, 0.717) is 12.5 Å². The van der Waals surface area contributed by atoms with Gasteiger partial charge in [-0.25, -0.2) is 4.79 Å². The lowest BCUT2D eigenvalue weighted by Gasteiger charge is -2.20. The van der Waals surface area contributed by atoms with E-state index in [0.717, 1.165) is 6.42 Å². The molecule has 1 unspecified atom stereocenters. The predicted molar refractivity (Wildman–Crippen MR) is 62.7 cm³/mol. The Kier molecular flexibility index (Phi) is 6.67. The van der Waals surface area contributed by atoms with Gasteiger partial charge in [0.25, 0.3) is 0 Å².